The van der Waals surface area contributed by atoms with Gasteiger partial charge in [0.15, 0.2) is 0 Å². The molecule has 41 heavy (non-hydrogen) atoms. The van der Waals surface area contributed by atoms with Crippen molar-refractivity contribution in [3.63, 3.8) is 0 Å². The van der Waals surface area contributed by atoms with Gasteiger partial charge in [0.25, 0.3) is 0 Å². The first-order chi connectivity index (χ1) is 19.8. The molecule has 2 saturated carbocycles. The smallest absolute Gasteiger partial charge is 0.124 e. The lowest BCUT2D eigenvalue weighted by Gasteiger charge is -2.43. The molecule has 0 saturated heterocycles. The molecule has 222 valence electrons. The van der Waals surface area contributed by atoms with Crippen molar-refractivity contribution < 1.29 is 9.47 Å². The van der Waals surface area contributed by atoms with Crippen LogP contribution in [-0.4, -0.2) is 31.2 Å². The summed E-state index contributed by atoms with van der Waals surface area (Å²) in [6, 6.07) is 9.69. The molecule has 0 amide bonds. The van der Waals surface area contributed by atoms with Crippen LogP contribution >= 0.6 is 15.8 Å². The van der Waals surface area contributed by atoms with Gasteiger partial charge in [0.1, 0.15) is 11.5 Å². The molecule has 0 unspecified atom stereocenters. The summed E-state index contributed by atoms with van der Waals surface area (Å²) < 4.78 is 11.6. The molecule has 0 N–H and O–H groups in total. The van der Waals surface area contributed by atoms with Crippen molar-refractivity contribution in [3.8, 4) is 11.5 Å². The van der Waals surface area contributed by atoms with Crippen LogP contribution in [0.4, 0.5) is 0 Å². The van der Waals surface area contributed by atoms with E-state index in [1.807, 2.05) is 0 Å². The quantitative estimate of drug-likeness (QED) is 0.271. The predicted molar refractivity (Wildman–Crippen MR) is 182 cm³/mol. The number of aryl methyl sites for hydroxylation is 4. The summed E-state index contributed by atoms with van der Waals surface area (Å²) in [6.07, 6.45) is 20.7. The Morgan fingerprint density at radius 3 is 1.46 bits per heavy atom. The molecule has 0 spiro atoms. The van der Waals surface area contributed by atoms with Crippen molar-refractivity contribution >= 4 is 26.5 Å². The van der Waals surface area contributed by atoms with Gasteiger partial charge in [-0.1, -0.05) is 65.5 Å². The Bertz CT molecular complexity index is 1160. The van der Waals surface area contributed by atoms with E-state index in [9.17, 15) is 0 Å². The average molecular weight is 591 g/mol. The van der Waals surface area contributed by atoms with Gasteiger partial charge in [-0.05, 0) is 147 Å². The van der Waals surface area contributed by atoms with Crippen molar-refractivity contribution in [2.75, 3.05) is 14.2 Å². The Labute approximate surface area is 252 Å². The molecule has 2 fully saturated rings. The zero-order chi connectivity index (χ0) is 29.1. The van der Waals surface area contributed by atoms with Crippen LogP contribution in [0.15, 0.2) is 47.3 Å². The minimum atomic E-state index is -0.667. The highest BCUT2D eigenvalue weighted by atomic mass is 31.1. The monoisotopic (exact) mass is 590 g/mol. The minimum Gasteiger partial charge on any atom is -0.496 e. The van der Waals surface area contributed by atoms with Crippen LogP contribution < -0.4 is 20.1 Å². The molecule has 4 heteroatoms. The molecule has 2 aromatic carbocycles. The van der Waals surface area contributed by atoms with Gasteiger partial charge in [-0.25, -0.2) is 0 Å². The van der Waals surface area contributed by atoms with Crippen LogP contribution in [0.3, 0.4) is 0 Å². The summed E-state index contributed by atoms with van der Waals surface area (Å²) in [6.45, 7) is 11.5. The van der Waals surface area contributed by atoms with Gasteiger partial charge >= 0.3 is 0 Å². The number of ether oxygens (including phenoxy) is 2. The summed E-state index contributed by atoms with van der Waals surface area (Å²) in [5, 5.41) is 4.62. The molecule has 5 rings (SSSR count). The van der Waals surface area contributed by atoms with Crippen molar-refractivity contribution in [3.05, 3.63) is 69.6 Å². The van der Waals surface area contributed by atoms with Crippen molar-refractivity contribution in [2.45, 2.75) is 122 Å². The predicted octanol–water partition coefficient (Wildman–Crippen LogP) is 10.1. The highest BCUT2D eigenvalue weighted by molar-refractivity contribution is 7.77. The molecule has 0 aromatic heterocycles. The maximum absolute atomic E-state index is 5.80. The van der Waals surface area contributed by atoms with E-state index in [4.69, 9.17) is 9.47 Å². The van der Waals surface area contributed by atoms with Gasteiger partial charge in [0.2, 0.25) is 0 Å². The fraction of sp³-hybridized carbons (Fsp3) is 0.568. The third-order valence-electron chi connectivity index (χ3n) is 9.92. The molecule has 3 aliphatic rings. The molecule has 2 nitrogen and oxygen atoms in total. The molecule has 0 bridgehead atoms. The van der Waals surface area contributed by atoms with E-state index in [1.165, 1.54) is 97.1 Å². The van der Waals surface area contributed by atoms with Crippen molar-refractivity contribution in [1.29, 1.82) is 0 Å². The normalized spacial score (nSPS) is 19.4. The van der Waals surface area contributed by atoms with Crippen LogP contribution in [0.25, 0.3) is 0 Å². The SMILES string of the molecule is COc1c(C)cc(P(C2=C([C@H](C)P(C3CCCCC3)C3CCCCC3)C=CC2)c2cc(C)c(OC)c(C)c2)cc1C. The topological polar surface area (TPSA) is 18.5 Å². The number of benzene rings is 2. The number of hydrogen-bond acceptors (Lipinski definition) is 2. The van der Waals surface area contributed by atoms with E-state index in [1.54, 1.807) is 25.1 Å². The first kappa shape index (κ1) is 30.8. The van der Waals surface area contributed by atoms with E-state index in [2.05, 4.69) is 71.0 Å². The lowest BCUT2D eigenvalue weighted by Crippen LogP contribution is -2.26. The summed E-state index contributed by atoms with van der Waals surface area (Å²) in [7, 11) is 2.90. The number of methoxy groups -OCH3 is 2. The van der Waals surface area contributed by atoms with Gasteiger partial charge in [-0.2, -0.15) is 0 Å². The van der Waals surface area contributed by atoms with Crippen molar-refractivity contribution in [1.82, 2.24) is 0 Å². The standard InChI is InChI=1S/C37H52O2P2/c1-25-21-32(22-26(2)36(25)38-6)41(33-23-27(3)37(39-7)28(4)24-33)35-20-14-19-34(35)29(5)40(30-15-10-8-11-16-30)31-17-12-9-13-18-31/h14,19,21-24,29-31H,8-13,15-18,20H2,1-7H3/t29-/m0/s1. The summed E-state index contributed by atoms with van der Waals surface area (Å²) in [5.74, 6) is 2.05. The van der Waals surface area contributed by atoms with Crippen molar-refractivity contribution in [2.24, 2.45) is 0 Å². The van der Waals surface area contributed by atoms with Gasteiger partial charge in [-0.3, -0.25) is 0 Å². The molecular formula is C37H52O2P2. The zero-order valence-electron chi connectivity index (χ0n) is 26.7. The van der Waals surface area contributed by atoms with Gasteiger partial charge < -0.3 is 9.47 Å². The van der Waals surface area contributed by atoms with Crippen LogP contribution in [0.2, 0.25) is 0 Å². The van der Waals surface area contributed by atoms with E-state index in [0.29, 0.717) is 5.66 Å². The van der Waals surface area contributed by atoms with Gasteiger partial charge in [-0.15, -0.1) is 0 Å². The zero-order valence-corrected chi connectivity index (χ0v) is 28.5. The number of allylic oxidation sites excluding steroid dienone is 4. The molecule has 0 radical (unpaired) electrons. The highest BCUT2D eigenvalue weighted by Crippen LogP contribution is 2.63. The maximum atomic E-state index is 5.80. The second-order valence-electron chi connectivity index (χ2n) is 12.8. The Morgan fingerprint density at radius 1 is 0.659 bits per heavy atom. The molecule has 2 aromatic rings. The maximum Gasteiger partial charge on any atom is 0.124 e. The molecule has 0 heterocycles. The summed E-state index contributed by atoms with van der Waals surface area (Å²) >= 11 is 0. The van der Waals surface area contributed by atoms with E-state index in [0.717, 1.165) is 29.2 Å². The lowest BCUT2D eigenvalue weighted by molar-refractivity contribution is 0.408. The first-order valence-corrected chi connectivity index (χ1v) is 19.0. The van der Waals surface area contributed by atoms with Crippen LogP contribution in [-0.2, 0) is 0 Å². The Hall–Kier alpha value is -1.62. The molecule has 0 aliphatic heterocycles. The van der Waals surface area contributed by atoms with Crippen LogP contribution in [0.5, 0.6) is 11.5 Å². The lowest BCUT2D eigenvalue weighted by atomic mass is 9.99. The van der Waals surface area contributed by atoms with Gasteiger partial charge in [0, 0.05) is 5.66 Å². The number of hydrogen-bond donors (Lipinski definition) is 0. The van der Waals surface area contributed by atoms with E-state index in [-0.39, 0.29) is 7.92 Å². The van der Waals surface area contributed by atoms with Crippen LogP contribution in [0, 0.1) is 27.7 Å². The Balaban J connectivity index is 1.64. The molecular weight excluding hydrogens is 538 g/mol. The van der Waals surface area contributed by atoms with E-state index < -0.39 is 7.92 Å². The number of rotatable bonds is 9. The Morgan fingerprint density at radius 2 is 1.07 bits per heavy atom. The van der Waals surface area contributed by atoms with Crippen LogP contribution in [0.1, 0.15) is 99.8 Å². The second-order valence-corrected chi connectivity index (χ2v) is 18.1. The van der Waals surface area contributed by atoms with E-state index >= 15 is 0 Å². The summed E-state index contributed by atoms with van der Waals surface area (Å²) in [4.78, 5) is 0. The first-order valence-electron chi connectivity index (χ1n) is 16.1. The highest BCUT2D eigenvalue weighted by Gasteiger charge is 2.38. The molecule has 1 atom stereocenters. The Kier molecular flexibility index (Phi) is 10.4. The van der Waals surface area contributed by atoms with Gasteiger partial charge in [0.05, 0.1) is 14.2 Å². The largest absolute Gasteiger partial charge is 0.496 e. The third kappa shape index (κ3) is 6.50. The minimum absolute atomic E-state index is 0.0377. The molecule has 3 aliphatic carbocycles. The fourth-order valence-corrected chi connectivity index (χ4v) is 15.7. The average Bonchev–Trinajstić information content (AvgIpc) is 3.44. The second kappa shape index (κ2) is 13.8. The fourth-order valence-electron chi connectivity index (χ4n) is 8.18. The summed E-state index contributed by atoms with van der Waals surface area (Å²) in [5.41, 5.74) is 9.25. The third-order valence-corrected chi connectivity index (χ3v) is 16.3.